The minimum atomic E-state index is -0.406. The van der Waals surface area contributed by atoms with Crippen LogP contribution in [0, 0.1) is 10.1 Å². The highest BCUT2D eigenvalue weighted by molar-refractivity contribution is 5.34. The highest BCUT2D eigenvalue weighted by Gasteiger charge is 2.31. The third-order valence-corrected chi connectivity index (χ3v) is 2.54. The smallest absolute Gasteiger partial charge is 0.269 e. The number of benzene rings is 1. The van der Waals surface area contributed by atoms with Crippen LogP contribution in [0.1, 0.15) is 25.6 Å². The van der Waals surface area contributed by atoms with Crippen LogP contribution in [0.3, 0.4) is 0 Å². The Morgan fingerprint density at radius 3 is 2.50 bits per heavy atom. The molecular weight excluding hydrogens is 208 g/mol. The molecule has 0 saturated carbocycles. The predicted molar refractivity (Wildman–Crippen MR) is 59.0 cm³/mol. The minimum Gasteiger partial charge on any atom is -0.357 e. The first kappa shape index (κ1) is 11.0. The average Bonchev–Trinajstić information content (AvgIpc) is 2.59. The molecule has 1 saturated heterocycles. The van der Waals surface area contributed by atoms with Gasteiger partial charge in [0.05, 0.1) is 11.5 Å². The second-order valence-electron chi connectivity index (χ2n) is 4.57. The molecule has 0 spiro atoms. The van der Waals surface area contributed by atoms with E-state index < -0.39 is 4.92 Å². The molecule has 1 aromatic rings. The van der Waals surface area contributed by atoms with Gasteiger partial charge in [-0.05, 0) is 31.5 Å². The van der Waals surface area contributed by atoms with Crippen LogP contribution in [-0.4, -0.2) is 17.1 Å². The van der Waals surface area contributed by atoms with Gasteiger partial charge >= 0.3 is 0 Å². The third kappa shape index (κ3) is 2.20. The van der Waals surface area contributed by atoms with E-state index in [0.717, 1.165) is 5.56 Å². The summed E-state index contributed by atoms with van der Waals surface area (Å²) in [5, 5.41) is 13.8. The maximum Gasteiger partial charge on any atom is 0.269 e. The largest absolute Gasteiger partial charge is 0.357 e. The molecule has 0 unspecified atom stereocenters. The van der Waals surface area contributed by atoms with Crippen LogP contribution in [0.15, 0.2) is 24.3 Å². The molecule has 1 aliphatic rings. The molecule has 1 fully saturated rings. The molecule has 1 aliphatic heterocycles. The van der Waals surface area contributed by atoms with E-state index in [4.69, 9.17) is 4.74 Å². The van der Waals surface area contributed by atoms with Crippen LogP contribution in [-0.2, 0) is 4.74 Å². The van der Waals surface area contributed by atoms with E-state index in [1.54, 1.807) is 12.1 Å². The van der Waals surface area contributed by atoms with Gasteiger partial charge in [0.2, 0.25) is 0 Å². The topological polar surface area (TPSA) is 64.4 Å². The van der Waals surface area contributed by atoms with E-state index in [0.29, 0.717) is 6.61 Å². The summed E-state index contributed by atoms with van der Waals surface area (Å²) in [7, 11) is 0. The van der Waals surface area contributed by atoms with E-state index >= 15 is 0 Å². The van der Waals surface area contributed by atoms with Gasteiger partial charge in [0, 0.05) is 17.7 Å². The average molecular weight is 222 g/mol. The van der Waals surface area contributed by atoms with Gasteiger partial charge in [-0.2, -0.15) is 0 Å². The summed E-state index contributed by atoms with van der Waals surface area (Å²) in [6, 6.07) is 6.42. The Balaban J connectivity index is 2.14. The summed E-state index contributed by atoms with van der Waals surface area (Å²) >= 11 is 0. The van der Waals surface area contributed by atoms with Crippen LogP contribution in [0.4, 0.5) is 5.69 Å². The maximum atomic E-state index is 10.5. The molecular formula is C11H14N2O3. The van der Waals surface area contributed by atoms with Crippen molar-refractivity contribution in [2.24, 2.45) is 0 Å². The lowest BCUT2D eigenvalue weighted by Crippen LogP contribution is -2.35. The lowest BCUT2D eigenvalue weighted by molar-refractivity contribution is -0.384. The van der Waals surface area contributed by atoms with Crippen molar-refractivity contribution in [3.8, 4) is 0 Å². The van der Waals surface area contributed by atoms with Crippen molar-refractivity contribution in [3.63, 3.8) is 0 Å². The summed E-state index contributed by atoms with van der Waals surface area (Å²) in [4.78, 5) is 10.1. The lowest BCUT2D eigenvalue weighted by Gasteiger charge is -2.16. The highest BCUT2D eigenvalue weighted by Crippen LogP contribution is 2.26. The molecule has 0 amide bonds. The Morgan fingerprint density at radius 2 is 2.06 bits per heavy atom. The molecule has 1 heterocycles. The van der Waals surface area contributed by atoms with Crippen molar-refractivity contribution in [2.45, 2.75) is 25.6 Å². The summed E-state index contributed by atoms with van der Waals surface area (Å²) in [5.41, 5.74) is 0.962. The van der Waals surface area contributed by atoms with Crippen LogP contribution < -0.4 is 5.32 Å². The normalized spacial score (nSPS) is 23.2. The Labute approximate surface area is 93.6 Å². The first-order valence-corrected chi connectivity index (χ1v) is 5.12. The van der Waals surface area contributed by atoms with E-state index in [-0.39, 0.29) is 17.5 Å². The molecule has 0 radical (unpaired) electrons. The monoisotopic (exact) mass is 222 g/mol. The number of rotatable bonds is 2. The Hall–Kier alpha value is -1.46. The van der Waals surface area contributed by atoms with Crippen LogP contribution in [0.5, 0.6) is 0 Å². The van der Waals surface area contributed by atoms with Crippen molar-refractivity contribution < 1.29 is 9.66 Å². The van der Waals surface area contributed by atoms with E-state index in [1.807, 2.05) is 0 Å². The molecule has 5 heteroatoms. The molecule has 0 aliphatic carbocycles. The van der Waals surface area contributed by atoms with Gasteiger partial charge in [0.1, 0.15) is 6.23 Å². The standard InChI is InChI=1S/C11H14N2O3/c1-11(2)7-16-10(12-11)8-3-5-9(6-4-8)13(14)15/h3-6,10,12H,7H2,1-2H3/t10-/m1/s1. The molecule has 5 nitrogen and oxygen atoms in total. The second-order valence-corrected chi connectivity index (χ2v) is 4.57. The van der Waals surface area contributed by atoms with Crippen LogP contribution >= 0.6 is 0 Å². The summed E-state index contributed by atoms with van der Waals surface area (Å²) in [5.74, 6) is 0. The first-order valence-electron chi connectivity index (χ1n) is 5.12. The van der Waals surface area contributed by atoms with Crippen molar-refractivity contribution in [1.29, 1.82) is 0 Å². The van der Waals surface area contributed by atoms with E-state index in [9.17, 15) is 10.1 Å². The highest BCUT2D eigenvalue weighted by atomic mass is 16.6. The Morgan fingerprint density at radius 1 is 1.44 bits per heavy atom. The van der Waals surface area contributed by atoms with Crippen molar-refractivity contribution in [1.82, 2.24) is 5.32 Å². The molecule has 1 N–H and O–H groups in total. The van der Waals surface area contributed by atoms with Crippen LogP contribution in [0.2, 0.25) is 0 Å². The quantitative estimate of drug-likeness (QED) is 0.614. The van der Waals surface area contributed by atoms with Gasteiger partial charge in [0.25, 0.3) is 5.69 Å². The molecule has 2 rings (SSSR count). The first-order chi connectivity index (χ1) is 7.48. The number of ether oxygens (including phenoxy) is 1. The second kappa shape index (κ2) is 3.84. The molecule has 1 aromatic carbocycles. The minimum absolute atomic E-state index is 0.0492. The van der Waals surface area contributed by atoms with Gasteiger partial charge in [0.15, 0.2) is 0 Å². The van der Waals surface area contributed by atoms with Gasteiger partial charge in [-0.1, -0.05) is 0 Å². The number of nitro groups is 1. The summed E-state index contributed by atoms with van der Waals surface area (Å²) in [6.45, 7) is 4.74. The number of non-ortho nitro benzene ring substituents is 1. The summed E-state index contributed by atoms with van der Waals surface area (Å²) in [6.07, 6.45) is -0.171. The molecule has 1 atom stereocenters. The molecule has 0 bridgehead atoms. The summed E-state index contributed by atoms with van der Waals surface area (Å²) < 4.78 is 5.57. The number of hydrogen-bond donors (Lipinski definition) is 1. The molecule has 16 heavy (non-hydrogen) atoms. The molecule has 0 aromatic heterocycles. The van der Waals surface area contributed by atoms with Crippen molar-refractivity contribution >= 4 is 5.69 Å². The third-order valence-electron chi connectivity index (χ3n) is 2.54. The van der Waals surface area contributed by atoms with E-state index in [1.165, 1.54) is 12.1 Å². The Bertz CT molecular complexity index is 400. The van der Waals surface area contributed by atoms with E-state index in [2.05, 4.69) is 19.2 Å². The van der Waals surface area contributed by atoms with Gasteiger partial charge in [-0.15, -0.1) is 0 Å². The van der Waals surface area contributed by atoms with Crippen molar-refractivity contribution in [2.75, 3.05) is 6.61 Å². The van der Waals surface area contributed by atoms with Gasteiger partial charge in [-0.25, -0.2) is 0 Å². The molecule has 86 valence electrons. The fourth-order valence-electron chi connectivity index (χ4n) is 1.68. The Kier molecular flexibility index (Phi) is 2.65. The number of nitro benzene ring substituents is 1. The van der Waals surface area contributed by atoms with Gasteiger partial charge < -0.3 is 4.74 Å². The number of nitrogens with one attached hydrogen (secondary N) is 1. The zero-order chi connectivity index (χ0) is 11.8. The zero-order valence-electron chi connectivity index (χ0n) is 9.27. The fraction of sp³-hybridized carbons (Fsp3) is 0.455. The number of nitrogens with zero attached hydrogens (tertiary/aromatic N) is 1. The fourth-order valence-corrected chi connectivity index (χ4v) is 1.68. The van der Waals surface area contributed by atoms with Crippen LogP contribution in [0.25, 0.3) is 0 Å². The lowest BCUT2D eigenvalue weighted by atomic mass is 10.1. The zero-order valence-corrected chi connectivity index (χ0v) is 9.27. The predicted octanol–water partition coefficient (Wildman–Crippen LogP) is 1.99. The maximum absolute atomic E-state index is 10.5. The number of hydrogen-bond acceptors (Lipinski definition) is 4. The van der Waals surface area contributed by atoms with Gasteiger partial charge in [-0.3, -0.25) is 15.4 Å². The SMILES string of the molecule is CC1(C)CO[C@H](c2ccc([N+](=O)[O-])cc2)N1. The van der Waals surface area contributed by atoms with Crippen molar-refractivity contribution in [3.05, 3.63) is 39.9 Å².